The second-order valence-corrected chi connectivity index (χ2v) is 6.25. The first kappa shape index (κ1) is 16.4. The van der Waals surface area contributed by atoms with Gasteiger partial charge in [0.15, 0.2) is 0 Å². The highest BCUT2D eigenvalue weighted by Gasteiger charge is 2.23. The monoisotopic (exact) mass is 289 g/mol. The van der Waals surface area contributed by atoms with Gasteiger partial charge in [-0.1, -0.05) is 51.3 Å². The first-order valence-corrected chi connectivity index (χ1v) is 8.80. The Hall–Kier alpha value is -1.02. The molecule has 0 spiro atoms. The minimum atomic E-state index is 0.658. The molecule has 2 nitrogen and oxygen atoms in total. The number of nitrogens with one attached hydrogen (secondary N) is 1. The maximum Gasteiger partial charge on any atom is 0.122 e. The second kappa shape index (κ2) is 9.09. The Balaban J connectivity index is 1.95. The first-order chi connectivity index (χ1) is 10.3. The van der Waals surface area contributed by atoms with Gasteiger partial charge in [0, 0.05) is 6.04 Å². The van der Waals surface area contributed by atoms with Crippen LogP contribution in [-0.4, -0.2) is 19.2 Å². The topological polar surface area (TPSA) is 21.3 Å². The van der Waals surface area contributed by atoms with E-state index in [0.717, 1.165) is 25.3 Å². The minimum Gasteiger partial charge on any atom is -0.493 e. The van der Waals surface area contributed by atoms with Gasteiger partial charge in [-0.25, -0.2) is 0 Å². The summed E-state index contributed by atoms with van der Waals surface area (Å²) >= 11 is 0. The number of rotatable bonds is 9. The van der Waals surface area contributed by atoms with Crippen molar-refractivity contribution >= 4 is 0 Å². The molecule has 0 saturated heterocycles. The van der Waals surface area contributed by atoms with Crippen molar-refractivity contribution in [3.63, 3.8) is 0 Å². The van der Waals surface area contributed by atoms with E-state index in [1.54, 1.807) is 0 Å². The van der Waals surface area contributed by atoms with Gasteiger partial charge in [-0.05, 0) is 49.8 Å². The molecule has 1 aliphatic heterocycles. The molecule has 1 heterocycles. The van der Waals surface area contributed by atoms with E-state index in [2.05, 4.69) is 43.4 Å². The van der Waals surface area contributed by atoms with Crippen molar-refractivity contribution in [2.75, 3.05) is 13.2 Å². The second-order valence-electron chi connectivity index (χ2n) is 6.25. The Labute approximate surface area is 130 Å². The van der Waals surface area contributed by atoms with Crippen LogP contribution in [0.4, 0.5) is 0 Å². The molecular weight excluding hydrogens is 258 g/mol. The molecule has 1 aromatic rings. The molecule has 0 fully saturated rings. The predicted molar refractivity (Wildman–Crippen MR) is 90.1 cm³/mol. The summed E-state index contributed by atoms with van der Waals surface area (Å²) in [6.45, 7) is 6.54. The van der Waals surface area contributed by atoms with Gasteiger partial charge in [-0.15, -0.1) is 0 Å². The highest BCUT2D eigenvalue weighted by Crippen LogP contribution is 2.36. The number of para-hydroxylation sites is 1. The van der Waals surface area contributed by atoms with Crippen LogP contribution in [0.3, 0.4) is 0 Å². The normalized spacial score (nSPS) is 18.9. The number of benzene rings is 1. The van der Waals surface area contributed by atoms with E-state index in [1.165, 1.54) is 44.1 Å². The smallest absolute Gasteiger partial charge is 0.122 e. The standard InChI is InChI=1S/C19H31NO/c1-3-5-6-9-17(20-13-4-2)15-16-12-14-21-19-11-8-7-10-18(16)19/h7-8,10-11,16-17,20H,3-6,9,12-15H2,1-2H3. The highest BCUT2D eigenvalue weighted by atomic mass is 16.5. The molecule has 21 heavy (non-hydrogen) atoms. The van der Waals surface area contributed by atoms with Gasteiger partial charge in [0.1, 0.15) is 5.75 Å². The largest absolute Gasteiger partial charge is 0.493 e. The van der Waals surface area contributed by atoms with Crippen molar-refractivity contribution < 1.29 is 4.74 Å². The van der Waals surface area contributed by atoms with Crippen molar-refractivity contribution in [1.29, 1.82) is 0 Å². The van der Waals surface area contributed by atoms with Crippen LogP contribution in [0.15, 0.2) is 24.3 Å². The van der Waals surface area contributed by atoms with Crippen LogP contribution in [0.5, 0.6) is 5.75 Å². The lowest BCUT2D eigenvalue weighted by Gasteiger charge is -2.29. The summed E-state index contributed by atoms with van der Waals surface area (Å²) in [5.41, 5.74) is 1.42. The van der Waals surface area contributed by atoms with Crippen LogP contribution in [0.1, 0.15) is 70.3 Å². The zero-order chi connectivity index (χ0) is 14.9. The molecular formula is C19H31NO. The van der Waals surface area contributed by atoms with E-state index >= 15 is 0 Å². The Bertz CT molecular complexity index is 404. The summed E-state index contributed by atoms with van der Waals surface area (Å²) in [5, 5.41) is 3.77. The van der Waals surface area contributed by atoms with Crippen LogP contribution < -0.4 is 10.1 Å². The average Bonchev–Trinajstić information content (AvgIpc) is 2.53. The minimum absolute atomic E-state index is 0.658. The molecule has 1 aliphatic rings. The molecule has 0 amide bonds. The molecule has 0 bridgehead atoms. The average molecular weight is 289 g/mol. The zero-order valence-electron chi connectivity index (χ0n) is 13.7. The molecule has 0 saturated carbocycles. The molecule has 0 aliphatic carbocycles. The Kier molecular flexibility index (Phi) is 7.08. The van der Waals surface area contributed by atoms with E-state index in [4.69, 9.17) is 4.74 Å². The SMILES string of the molecule is CCCCCC(CC1CCOc2ccccc21)NCCC. The summed E-state index contributed by atoms with van der Waals surface area (Å²) in [6, 6.07) is 9.25. The summed E-state index contributed by atoms with van der Waals surface area (Å²) in [7, 11) is 0. The van der Waals surface area contributed by atoms with Crippen molar-refractivity contribution in [2.45, 2.75) is 70.8 Å². The third kappa shape index (κ3) is 5.03. The number of fused-ring (bicyclic) bond motifs is 1. The molecule has 2 rings (SSSR count). The fraction of sp³-hybridized carbons (Fsp3) is 0.684. The molecule has 1 N–H and O–H groups in total. The van der Waals surface area contributed by atoms with E-state index in [1.807, 2.05) is 0 Å². The lowest BCUT2D eigenvalue weighted by atomic mass is 9.86. The van der Waals surface area contributed by atoms with E-state index < -0.39 is 0 Å². The first-order valence-electron chi connectivity index (χ1n) is 8.80. The van der Waals surface area contributed by atoms with E-state index in [-0.39, 0.29) is 0 Å². The van der Waals surface area contributed by atoms with Crippen LogP contribution in [-0.2, 0) is 0 Å². The van der Waals surface area contributed by atoms with E-state index in [9.17, 15) is 0 Å². The number of hydrogen-bond donors (Lipinski definition) is 1. The van der Waals surface area contributed by atoms with Crippen molar-refractivity contribution in [2.24, 2.45) is 0 Å². The maximum atomic E-state index is 5.79. The molecule has 1 aromatic carbocycles. The lowest BCUT2D eigenvalue weighted by Crippen LogP contribution is -2.32. The Morgan fingerprint density at radius 2 is 2.05 bits per heavy atom. The van der Waals surface area contributed by atoms with Gasteiger partial charge in [0.05, 0.1) is 6.61 Å². The third-order valence-corrected chi connectivity index (χ3v) is 4.49. The number of ether oxygens (including phenoxy) is 1. The van der Waals surface area contributed by atoms with Crippen molar-refractivity contribution in [3.8, 4) is 5.75 Å². The molecule has 2 unspecified atom stereocenters. The molecule has 118 valence electrons. The van der Waals surface area contributed by atoms with Gasteiger partial charge >= 0.3 is 0 Å². The molecule has 0 aromatic heterocycles. The van der Waals surface area contributed by atoms with Gasteiger partial charge < -0.3 is 10.1 Å². The maximum absolute atomic E-state index is 5.79. The predicted octanol–water partition coefficient (Wildman–Crippen LogP) is 4.89. The Morgan fingerprint density at radius 1 is 1.19 bits per heavy atom. The summed E-state index contributed by atoms with van der Waals surface area (Å²) < 4.78 is 5.79. The quantitative estimate of drug-likeness (QED) is 0.653. The van der Waals surface area contributed by atoms with E-state index in [0.29, 0.717) is 12.0 Å². The highest BCUT2D eigenvalue weighted by molar-refractivity contribution is 5.37. The van der Waals surface area contributed by atoms with Gasteiger partial charge in [-0.3, -0.25) is 0 Å². The lowest BCUT2D eigenvalue weighted by molar-refractivity contribution is 0.252. The number of unbranched alkanes of at least 4 members (excludes halogenated alkanes) is 2. The number of hydrogen-bond acceptors (Lipinski definition) is 2. The van der Waals surface area contributed by atoms with Gasteiger partial charge in [0.25, 0.3) is 0 Å². The Morgan fingerprint density at radius 3 is 2.86 bits per heavy atom. The van der Waals surface area contributed by atoms with Crippen molar-refractivity contribution in [1.82, 2.24) is 5.32 Å². The van der Waals surface area contributed by atoms with Gasteiger partial charge in [-0.2, -0.15) is 0 Å². The van der Waals surface area contributed by atoms with Crippen LogP contribution in [0.25, 0.3) is 0 Å². The molecule has 2 atom stereocenters. The summed E-state index contributed by atoms with van der Waals surface area (Å²) in [4.78, 5) is 0. The fourth-order valence-electron chi connectivity index (χ4n) is 3.30. The van der Waals surface area contributed by atoms with Gasteiger partial charge in [0.2, 0.25) is 0 Å². The van der Waals surface area contributed by atoms with Crippen LogP contribution in [0, 0.1) is 0 Å². The van der Waals surface area contributed by atoms with Crippen molar-refractivity contribution in [3.05, 3.63) is 29.8 Å². The zero-order valence-corrected chi connectivity index (χ0v) is 13.7. The molecule has 2 heteroatoms. The third-order valence-electron chi connectivity index (χ3n) is 4.49. The molecule has 0 radical (unpaired) electrons. The summed E-state index contributed by atoms with van der Waals surface area (Å²) in [5.74, 6) is 1.77. The van der Waals surface area contributed by atoms with Crippen LogP contribution >= 0.6 is 0 Å². The summed E-state index contributed by atoms with van der Waals surface area (Å²) in [6.07, 6.45) is 8.96. The fourth-order valence-corrected chi connectivity index (χ4v) is 3.30. The van der Waals surface area contributed by atoms with Crippen LogP contribution in [0.2, 0.25) is 0 Å².